The SMILES string of the molecule is Cc1ccc2c(c1)C1C=CC=C[C@@]1(C)S2. The molecule has 0 radical (unpaired) electrons. The average Bonchev–Trinajstić information content (AvgIpc) is 2.50. The van der Waals surface area contributed by atoms with Crippen LogP contribution in [-0.4, -0.2) is 4.75 Å². The first-order chi connectivity index (χ1) is 7.19. The van der Waals surface area contributed by atoms with E-state index < -0.39 is 0 Å². The lowest BCUT2D eigenvalue weighted by Crippen LogP contribution is -2.22. The molecule has 0 amide bonds. The lowest BCUT2D eigenvalue weighted by molar-refractivity contribution is 0.701. The van der Waals surface area contributed by atoms with Crippen molar-refractivity contribution in [1.29, 1.82) is 0 Å². The van der Waals surface area contributed by atoms with Crippen LogP contribution in [0.3, 0.4) is 0 Å². The number of aryl methyl sites for hydroxylation is 1. The molecule has 0 N–H and O–H groups in total. The van der Waals surface area contributed by atoms with Crippen LogP contribution in [0.2, 0.25) is 0 Å². The summed E-state index contributed by atoms with van der Waals surface area (Å²) in [6, 6.07) is 6.81. The van der Waals surface area contributed by atoms with Crippen LogP contribution < -0.4 is 0 Å². The van der Waals surface area contributed by atoms with Gasteiger partial charge in [-0.1, -0.05) is 42.0 Å². The van der Waals surface area contributed by atoms with Crippen molar-refractivity contribution in [1.82, 2.24) is 0 Å². The highest BCUT2D eigenvalue weighted by Gasteiger charge is 2.40. The van der Waals surface area contributed by atoms with Gasteiger partial charge in [-0.15, -0.1) is 11.8 Å². The van der Waals surface area contributed by atoms with Crippen molar-refractivity contribution >= 4 is 11.8 Å². The van der Waals surface area contributed by atoms with Crippen molar-refractivity contribution in [2.75, 3.05) is 0 Å². The first-order valence-electron chi connectivity index (χ1n) is 5.35. The summed E-state index contributed by atoms with van der Waals surface area (Å²) in [5.74, 6) is 0.558. The van der Waals surface area contributed by atoms with E-state index in [1.165, 1.54) is 16.0 Å². The molecule has 2 aliphatic rings. The molecule has 0 spiro atoms. The average molecular weight is 214 g/mol. The normalized spacial score (nSPS) is 31.5. The maximum Gasteiger partial charge on any atom is 0.0464 e. The predicted molar refractivity (Wildman–Crippen MR) is 66.5 cm³/mol. The van der Waals surface area contributed by atoms with E-state index in [1.807, 2.05) is 11.8 Å². The molecule has 1 heterocycles. The zero-order valence-corrected chi connectivity index (χ0v) is 9.84. The summed E-state index contributed by atoms with van der Waals surface area (Å²) in [5, 5.41) is 0. The number of allylic oxidation sites excluding steroid dienone is 3. The van der Waals surface area contributed by atoms with Gasteiger partial charge in [-0.05, 0) is 25.5 Å². The van der Waals surface area contributed by atoms with E-state index in [9.17, 15) is 0 Å². The Bertz CT molecular complexity index is 470. The van der Waals surface area contributed by atoms with Crippen molar-refractivity contribution in [3.8, 4) is 0 Å². The molecule has 3 rings (SSSR count). The molecular formula is C14H14S. The molecule has 2 atom stereocenters. The second-order valence-corrected chi connectivity index (χ2v) is 6.07. The Kier molecular flexibility index (Phi) is 1.87. The molecule has 0 fully saturated rings. The Morgan fingerprint density at radius 1 is 1.27 bits per heavy atom. The molecule has 15 heavy (non-hydrogen) atoms. The second-order valence-electron chi connectivity index (χ2n) is 4.55. The first-order valence-corrected chi connectivity index (χ1v) is 6.16. The molecule has 1 aromatic carbocycles. The molecule has 0 aromatic heterocycles. The van der Waals surface area contributed by atoms with E-state index in [0.717, 1.165) is 0 Å². The fourth-order valence-corrected chi connectivity index (χ4v) is 3.86. The number of rotatable bonds is 0. The fraction of sp³-hybridized carbons (Fsp3) is 0.286. The topological polar surface area (TPSA) is 0 Å². The maximum atomic E-state index is 2.34. The van der Waals surface area contributed by atoms with Crippen molar-refractivity contribution in [3.05, 3.63) is 53.6 Å². The molecule has 1 heteroatoms. The van der Waals surface area contributed by atoms with Crippen LogP contribution in [0.4, 0.5) is 0 Å². The third-order valence-electron chi connectivity index (χ3n) is 3.29. The molecule has 0 bridgehead atoms. The number of benzene rings is 1. The molecule has 0 nitrogen and oxygen atoms in total. The van der Waals surface area contributed by atoms with Gasteiger partial charge in [0.1, 0.15) is 0 Å². The Morgan fingerprint density at radius 2 is 2.13 bits per heavy atom. The predicted octanol–water partition coefficient (Wildman–Crippen LogP) is 4.07. The Morgan fingerprint density at radius 3 is 3.00 bits per heavy atom. The van der Waals surface area contributed by atoms with Gasteiger partial charge >= 0.3 is 0 Å². The highest BCUT2D eigenvalue weighted by Crippen LogP contribution is 2.55. The standard InChI is InChI=1S/C14H14S/c1-10-6-7-13-11(9-10)12-5-3-4-8-14(12,2)15-13/h3-9,12H,1-2H3/t12?,14-/m1/s1. The van der Waals surface area contributed by atoms with Crippen LogP contribution in [-0.2, 0) is 0 Å². The summed E-state index contributed by atoms with van der Waals surface area (Å²) < 4.78 is 0.241. The molecule has 0 saturated heterocycles. The van der Waals surface area contributed by atoms with Gasteiger partial charge in [0.25, 0.3) is 0 Å². The van der Waals surface area contributed by atoms with Crippen molar-refractivity contribution < 1.29 is 0 Å². The van der Waals surface area contributed by atoms with Gasteiger partial charge in [0.05, 0.1) is 0 Å². The minimum atomic E-state index is 0.241. The van der Waals surface area contributed by atoms with Gasteiger partial charge in [-0.3, -0.25) is 0 Å². The van der Waals surface area contributed by atoms with Crippen LogP contribution in [0.25, 0.3) is 0 Å². The second kappa shape index (κ2) is 3.02. The van der Waals surface area contributed by atoms with Crippen LogP contribution in [0, 0.1) is 6.92 Å². The summed E-state index contributed by atoms with van der Waals surface area (Å²) in [5.41, 5.74) is 2.87. The van der Waals surface area contributed by atoms with Crippen LogP contribution >= 0.6 is 11.8 Å². The smallest absolute Gasteiger partial charge is 0.0464 e. The van der Waals surface area contributed by atoms with Gasteiger partial charge in [-0.25, -0.2) is 0 Å². The van der Waals surface area contributed by atoms with E-state index in [4.69, 9.17) is 0 Å². The van der Waals surface area contributed by atoms with Gasteiger partial charge in [0, 0.05) is 15.6 Å². The van der Waals surface area contributed by atoms with Crippen LogP contribution in [0.15, 0.2) is 47.4 Å². The summed E-state index contributed by atoms with van der Waals surface area (Å²) in [6.45, 7) is 4.50. The summed E-state index contributed by atoms with van der Waals surface area (Å²) in [7, 11) is 0. The quantitative estimate of drug-likeness (QED) is 0.627. The Labute approximate surface area is 95.1 Å². The monoisotopic (exact) mass is 214 g/mol. The van der Waals surface area contributed by atoms with Crippen molar-refractivity contribution in [2.45, 2.75) is 29.4 Å². The van der Waals surface area contributed by atoms with E-state index in [0.29, 0.717) is 5.92 Å². The number of thioether (sulfide) groups is 1. The summed E-state index contributed by atoms with van der Waals surface area (Å²) in [4.78, 5) is 1.45. The number of fused-ring (bicyclic) bond motifs is 3. The highest BCUT2D eigenvalue weighted by molar-refractivity contribution is 8.01. The number of hydrogen-bond acceptors (Lipinski definition) is 1. The third-order valence-corrected chi connectivity index (χ3v) is 4.71. The van der Waals surface area contributed by atoms with Gasteiger partial charge in [0.2, 0.25) is 0 Å². The zero-order chi connectivity index (χ0) is 10.5. The lowest BCUT2D eigenvalue weighted by Gasteiger charge is -2.27. The van der Waals surface area contributed by atoms with Gasteiger partial charge in [-0.2, -0.15) is 0 Å². The third kappa shape index (κ3) is 1.30. The van der Waals surface area contributed by atoms with Crippen molar-refractivity contribution in [2.24, 2.45) is 0 Å². The Hall–Kier alpha value is -0.950. The van der Waals surface area contributed by atoms with Gasteiger partial charge < -0.3 is 0 Å². The van der Waals surface area contributed by atoms with Gasteiger partial charge in [0.15, 0.2) is 0 Å². The van der Waals surface area contributed by atoms with E-state index in [-0.39, 0.29) is 4.75 Å². The summed E-state index contributed by atoms with van der Waals surface area (Å²) >= 11 is 1.99. The minimum Gasteiger partial charge on any atom is -0.114 e. The molecular weight excluding hydrogens is 200 g/mol. The highest BCUT2D eigenvalue weighted by atomic mass is 32.2. The summed E-state index contributed by atoms with van der Waals surface area (Å²) in [6.07, 6.45) is 9.00. The van der Waals surface area contributed by atoms with Crippen LogP contribution in [0.1, 0.15) is 24.0 Å². The largest absolute Gasteiger partial charge is 0.114 e. The first kappa shape index (κ1) is 9.29. The molecule has 0 saturated carbocycles. The van der Waals surface area contributed by atoms with Crippen molar-refractivity contribution in [3.63, 3.8) is 0 Å². The fourth-order valence-electron chi connectivity index (χ4n) is 2.47. The molecule has 1 aliphatic carbocycles. The van der Waals surface area contributed by atoms with E-state index in [1.54, 1.807) is 0 Å². The van der Waals surface area contributed by atoms with E-state index in [2.05, 4.69) is 56.4 Å². The minimum absolute atomic E-state index is 0.241. The van der Waals surface area contributed by atoms with Crippen LogP contribution in [0.5, 0.6) is 0 Å². The lowest BCUT2D eigenvalue weighted by atomic mass is 9.83. The molecule has 1 unspecified atom stereocenters. The Balaban J connectivity index is 2.17. The maximum absolute atomic E-state index is 2.34. The van der Waals surface area contributed by atoms with E-state index >= 15 is 0 Å². The zero-order valence-electron chi connectivity index (χ0n) is 9.03. The molecule has 1 aliphatic heterocycles. The molecule has 1 aromatic rings. The molecule has 76 valence electrons. The number of hydrogen-bond donors (Lipinski definition) is 0.